The normalized spacial score (nSPS) is 14.0. The van der Waals surface area contributed by atoms with Gasteiger partial charge in [0.05, 0.1) is 11.9 Å². The van der Waals surface area contributed by atoms with Crippen LogP contribution in [0.3, 0.4) is 0 Å². The highest BCUT2D eigenvalue weighted by atomic mass is 32.2. The molecule has 4 rings (SSSR count). The number of nitrogens with zero attached hydrogens (tertiary/aromatic N) is 3. The maximum atomic E-state index is 12.9. The monoisotopic (exact) mass is 474 g/mol. The summed E-state index contributed by atoms with van der Waals surface area (Å²) in [4.78, 5) is 12.9. The number of amides is 1. The van der Waals surface area contributed by atoms with Crippen LogP contribution < -0.4 is 19.1 Å². The maximum Gasteiger partial charge on any atom is 0.249 e. The fraction of sp³-hybridized carbons (Fsp3) is 0.286. The Hall–Kier alpha value is -3.18. The molecule has 1 aromatic heterocycles. The van der Waals surface area contributed by atoms with Crippen LogP contribution in [0.2, 0.25) is 0 Å². The van der Waals surface area contributed by atoms with E-state index in [-0.39, 0.29) is 5.13 Å². The van der Waals surface area contributed by atoms with Gasteiger partial charge in [-0.25, -0.2) is 8.42 Å². The van der Waals surface area contributed by atoms with Gasteiger partial charge in [0, 0.05) is 11.6 Å². The highest BCUT2D eigenvalue weighted by molar-refractivity contribution is 7.92. The first kappa shape index (κ1) is 22.0. The van der Waals surface area contributed by atoms with E-state index in [0.29, 0.717) is 35.4 Å². The van der Waals surface area contributed by atoms with Crippen LogP contribution in [-0.4, -0.2) is 50.0 Å². The number of anilines is 2. The summed E-state index contributed by atoms with van der Waals surface area (Å²) in [7, 11) is -3.78. The van der Waals surface area contributed by atoms with E-state index >= 15 is 0 Å². The molecular weight excluding hydrogens is 452 g/mol. The highest BCUT2D eigenvalue weighted by Crippen LogP contribution is 2.35. The number of ether oxygens (including phenoxy) is 2. The number of carbonyl (C=O) groups is 1. The van der Waals surface area contributed by atoms with Crippen molar-refractivity contribution < 1.29 is 22.7 Å². The lowest BCUT2D eigenvalue weighted by Gasteiger charge is -2.29. The molecule has 2 aromatic carbocycles. The van der Waals surface area contributed by atoms with E-state index in [4.69, 9.17) is 9.47 Å². The number of aryl methyl sites for hydroxylation is 1. The predicted octanol–water partition coefficient (Wildman–Crippen LogP) is 3.08. The smallest absolute Gasteiger partial charge is 0.249 e. The van der Waals surface area contributed by atoms with Crippen LogP contribution in [0.1, 0.15) is 12.5 Å². The topological polar surface area (TPSA) is 111 Å². The van der Waals surface area contributed by atoms with Crippen LogP contribution in [-0.2, 0) is 14.8 Å². The SMILES string of the molecule is Cc1ccc(-c2nnc(NC(=O)[C@@H](C)N(c3ccc4c(c3)OCCO4)S(C)(=O)=O)s2)cc1. The molecule has 1 aliphatic heterocycles. The zero-order chi connectivity index (χ0) is 22.9. The molecule has 0 aliphatic carbocycles. The van der Waals surface area contributed by atoms with Gasteiger partial charge in [-0.2, -0.15) is 0 Å². The number of hydrogen-bond donors (Lipinski definition) is 1. The summed E-state index contributed by atoms with van der Waals surface area (Å²) in [5, 5.41) is 11.8. The zero-order valence-corrected chi connectivity index (χ0v) is 19.4. The Kier molecular flexibility index (Phi) is 6.02. The number of hydrogen-bond acceptors (Lipinski definition) is 8. The zero-order valence-electron chi connectivity index (χ0n) is 17.7. The largest absolute Gasteiger partial charge is 0.486 e. The van der Waals surface area contributed by atoms with E-state index in [2.05, 4.69) is 15.5 Å². The number of carbonyl (C=O) groups excluding carboxylic acids is 1. The Labute approximate surface area is 190 Å². The van der Waals surface area contributed by atoms with Gasteiger partial charge in [0.1, 0.15) is 24.3 Å². The third-order valence-electron chi connectivity index (χ3n) is 4.82. The molecule has 2 heterocycles. The van der Waals surface area contributed by atoms with Crippen LogP contribution in [0, 0.1) is 6.92 Å². The van der Waals surface area contributed by atoms with Crippen LogP contribution in [0.25, 0.3) is 10.6 Å². The molecule has 11 heteroatoms. The minimum Gasteiger partial charge on any atom is -0.486 e. The van der Waals surface area contributed by atoms with E-state index in [9.17, 15) is 13.2 Å². The number of aromatic nitrogens is 2. The summed E-state index contributed by atoms with van der Waals surface area (Å²) in [5.74, 6) is 0.432. The van der Waals surface area contributed by atoms with Crippen molar-refractivity contribution in [3.8, 4) is 22.1 Å². The maximum absolute atomic E-state index is 12.9. The van der Waals surface area contributed by atoms with Crippen molar-refractivity contribution >= 4 is 38.1 Å². The van der Waals surface area contributed by atoms with Crippen LogP contribution in [0.4, 0.5) is 10.8 Å². The number of benzene rings is 2. The third kappa shape index (κ3) is 4.68. The lowest BCUT2D eigenvalue weighted by molar-refractivity contribution is -0.116. The summed E-state index contributed by atoms with van der Waals surface area (Å²) in [6.45, 7) is 4.29. The van der Waals surface area contributed by atoms with Crippen molar-refractivity contribution in [1.82, 2.24) is 10.2 Å². The molecule has 0 spiro atoms. The molecule has 0 radical (unpaired) electrons. The highest BCUT2D eigenvalue weighted by Gasteiger charge is 2.31. The Bertz CT molecular complexity index is 1240. The minimum atomic E-state index is -3.78. The van der Waals surface area contributed by atoms with Gasteiger partial charge in [-0.15, -0.1) is 10.2 Å². The first-order valence-electron chi connectivity index (χ1n) is 9.83. The van der Waals surface area contributed by atoms with Crippen molar-refractivity contribution in [2.24, 2.45) is 0 Å². The van der Waals surface area contributed by atoms with Crippen molar-refractivity contribution in [1.29, 1.82) is 0 Å². The minimum absolute atomic E-state index is 0.285. The first-order valence-corrected chi connectivity index (χ1v) is 12.5. The van der Waals surface area contributed by atoms with Gasteiger partial charge in [0.2, 0.25) is 21.1 Å². The summed E-state index contributed by atoms with van der Waals surface area (Å²) >= 11 is 1.21. The molecule has 0 unspecified atom stereocenters. The molecule has 9 nitrogen and oxygen atoms in total. The van der Waals surface area contributed by atoms with Crippen molar-refractivity contribution in [2.45, 2.75) is 19.9 Å². The third-order valence-corrected chi connectivity index (χ3v) is 6.95. The molecule has 168 valence electrons. The van der Waals surface area contributed by atoms with Crippen molar-refractivity contribution in [3.63, 3.8) is 0 Å². The average molecular weight is 475 g/mol. The number of rotatable bonds is 6. The van der Waals surface area contributed by atoms with Crippen LogP contribution in [0.5, 0.6) is 11.5 Å². The molecule has 0 bridgehead atoms. The summed E-state index contributed by atoms with van der Waals surface area (Å²) < 4.78 is 37.2. The average Bonchev–Trinajstić information content (AvgIpc) is 3.21. The molecule has 1 amide bonds. The standard InChI is InChI=1S/C21H22N4O5S2/c1-13-4-6-15(7-5-13)20-23-24-21(31-20)22-19(26)14(2)25(32(3,27)28)16-8-9-17-18(12-16)30-11-10-29-17/h4-9,12,14H,10-11H2,1-3H3,(H,22,24,26)/t14-/m1/s1. The van der Waals surface area contributed by atoms with E-state index in [0.717, 1.165) is 21.7 Å². The molecule has 1 aliphatic rings. The summed E-state index contributed by atoms with van der Waals surface area (Å²) in [6.07, 6.45) is 1.05. The Morgan fingerprint density at radius 3 is 2.47 bits per heavy atom. The molecule has 0 saturated heterocycles. The Morgan fingerprint density at radius 2 is 1.78 bits per heavy atom. The number of fused-ring (bicyclic) bond motifs is 1. The quantitative estimate of drug-likeness (QED) is 0.584. The Morgan fingerprint density at radius 1 is 1.09 bits per heavy atom. The fourth-order valence-corrected chi connectivity index (χ4v) is 5.19. The lowest BCUT2D eigenvalue weighted by atomic mass is 10.2. The summed E-state index contributed by atoms with van der Waals surface area (Å²) in [6, 6.07) is 11.5. The van der Waals surface area contributed by atoms with E-state index in [1.54, 1.807) is 18.2 Å². The first-order chi connectivity index (χ1) is 15.2. The van der Waals surface area contributed by atoms with Gasteiger partial charge in [0.15, 0.2) is 11.5 Å². The molecule has 1 atom stereocenters. The predicted molar refractivity (Wildman–Crippen MR) is 123 cm³/mol. The number of nitrogens with one attached hydrogen (secondary N) is 1. The van der Waals surface area contributed by atoms with Gasteiger partial charge < -0.3 is 9.47 Å². The molecular formula is C21H22N4O5S2. The Balaban J connectivity index is 1.55. The van der Waals surface area contributed by atoms with Gasteiger partial charge >= 0.3 is 0 Å². The van der Waals surface area contributed by atoms with Crippen molar-refractivity contribution in [3.05, 3.63) is 48.0 Å². The van der Waals surface area contributed by atoms with Gasteiger partial charge in [-0.3, -0.25) is 14.4 Å². The lowest BCUT2D eigenvalue weighted by Crippen LogP contribution is -2.45. The van der Waals surface area contributed by atoms with E-state index in [1.165, 1.54) is 18.3 Å². The second-order valence-electron chi connectivity index (χ2n) is 7.33. The van der Waals surface area contributed by atoms with Gasteiger partial charge in [0.25, 0.3) is 0 Å². The molecule has 0 saturated carbocycles. The second-order valence-corrected chi connectivity index (χ2v) is 10.2. The second kappa shape index (κ2) is 8.75. The van der Waals surface area contributed by atoms with Crippen LogP contribution in [0.15, 0.2) is 42.5 Å². The molecule has 32 heavy (non-hydrogen) atoms. The van der Waals surface area contributed by atoms with Crippen molar-refractivity contribution in [2.75, 3.05) is 29.1 Å². The van der Waals surface area contributed by atoms with Gasteiger partial charge in [-0.05, 0) is 26.0 Å². The molecule has 1 N–H and O–H groups in total. The summed E-state index contributed by atoms with van der Waals surface area (Å²) in [5.41, 5.74) is 2.31. The molecule has 0 fully saturated rings. The van der Waals surface area contributed by atoms with E-state index in [1.807, 2.05) is 31.2 Å². The van der Waals surface area contributed by atoms with E-state index < -0.39 is 22.0 Å². The molecule has 3 aromatic rings. The number of sulfonamides is 1. The van der Waals surface area contributed by atoms with Crippen LogP contribution >= 0.6 is 11.3 Å². The van der Waals surface area contributed by atoms with Gasteiger partial charge in [-0.1, -0.05) is 41.2 Å². The fourth-order valence-electron chi connectivity index (χ4n) is 3.27.